The van der Waals surface area contributed by atoms with Crippen LogP contribution in [-0.4, -0.2) is 38.9 Å². The van der Waals surface area contributed by atoms with Crippen LogP contribution in [0.3, 0.4) is 0 Å². The van der Waals surface area contributed by atoms with E-state index in [0.29, 0.717) is 24.5 Å². The smallest absolute Gasteiger partial charge is 0.182 e. The number of hydrogen-bond acceptors (Lipinski definition) is 5. The number of rotatable bonds is 6. The number of fused-ring (bicyclic) bond motifs is 1. The van der Waals surface area contributed by atoms with E-state index >= 15 is 0 Å². The molecule has 0 fully saturated rings. The number of aromatic nitrogens is 4. The third kappa shape index (κ3) is 3.18. The molecule has 2 heterocycles. The van der Waals surface area contributed by atoms with Crippen LogP contribution in [0.25, 0.3) is 11.2 Å². The lowest BCUT2D eigenvalue weighted by atomic mass is 10.2. The minimum Gasteiger partial charge on any atom is -0.388 e. The molecule has 0 atom stereocenters. The molecule has 0 unspecified atom stereocenters. The quantitative estimate of drug-likeness (QED) is 0.534. The van der Waals surface area contributed by atoms with Crippen molar-refractivity contribution in [2.75, 3.05) is 18.0 Å². The highest BCUT2D eigenvalue weighted by Gasteiger charge is 2.15. The predicted octanol–water partition coefficient (Wildman–Crippen LogP) is 1.14. The van der Waals surface area contributed by atoms with Gasteiger partial charge in [0.1, 0.15) is 11.8 Å². The molecule has 0 aliphatic rings. The van der Waals surface area contributed by atoms with Crippen LogP contribution in [0.4, 0.5) is 5.82 Å². The van der Waals surface area contributed by atoms with Gasteiger partial charge in [-0.15, -0.1) is 0 Å². The zero-order chi connectivity index (χ0) is 13.8. The summed E-state index contributed by atoms with van der Waals surface area (Å²) in [5.74, 6) is 1.49. The second-order valence-electron chi connectivity index (χ2n) is 4.91. The first-order valence-electron chi connectivity index (χ1n) is 6.30. The highest BCUT2D eigenvalue weighted by molar-refractivity contribution is 5.83. The van der Waals surface area contributed by atoms with E-state index in [1.54, 1.807) is 6.33 Å². The monoisotopic (exact) mass is 261 g/mol. The summed E-state index contributed by atoms with van der Waals surface area (Å²) in [5.41, 5.74) is 6.93. The number of anilines is 1. The van der Waals surface area contributed by atoms with Gasteiger partial charge >= 0.3 is 0 Å². The van der Waals surface area contributed by atoms with E-state index in [-0.39, 0.29) is 5.84 Å². The van der Waals surface area contributed by atoms with Crippen molar-refractivity contribution < 1.29 is 0 Å². The first-order chi connectivity index (χ1) is 9.08. The molecule has 4 N–H and O–H groups in total. The lowest BCUT2D eigenvalue weighted by Crippen LogP contribution is -2.32. The van der Waals surface area contributed by atoms with Crippen molar-refractivity contribution in [2.45, 2.75) is 20.3 Å². The first-order valence-corrected chi connectivity index (χ1v) is 6.30. The van der Waals surface area contributed by atoms with Crippen molar-refractivity contribution in [3.05, 3.63) is 12.7 Å². The number of amidine groups is 1. The number of nitrogens with two attached hydrogens (primary N) is 1. The number of nitrogens with one attached hydrogen (secondary N) is 2. The van der Waals surface area contributed by atoms with E-state index in [9.17, 15) is 0 Å². The molecular formula is C12H19N7. The lowest BCUT2D eigenvalue weighted by Gasteiger charge is -2.25. The molecule has 0 aromatic carbocycles. The molecule has 19 heavy (non-hydrogen) atoms. The SMILES string of the molecule is CC(C)CN(CCC(=N)N)c1ncnc2nc[nH]c12. The standard InChI is InChI=1S/C12H19N7/c1-8(2)5-19(4-3-9(13)14)12-10-11(16-6-15-10)17-7-18-12/h6-8H,3-5H2,1-2H3,(H3,13,14)(H,15,16,17,18). The van der Waals surface area contributed by atoms with E-state index in [2.05, 4.69) is 38.7 Å². The van der Waals surface area contributed by atoms with Gasteiger partial charge in [-0.3, -0.25) is 5.41 Å². The summed E-state index contributed by atoms with van der Waals surface area (Å²) in [6.45, 7) is 5.80. The molecule has 0 spiro atoms. The Labute approximate surface area is 111 Å². The molecule has 102 valence electrons. The van der Waals surface area contributed by atoms with Crippen molar-refractivity contribution in [1.82, 2.24) is 19.9 Å². The maximum absolute atomic E-state index is 7.36. The molecule has 0 aliphatic heterocycles. The van der Waals surface area contributed by atoms with Crippen LogP contribution in [0.2, 0.25) is 0 Å². The summed E-state index contributed by atoms with van der Waals surface area (Å²) < 4.78 is 0. The van der Waals surface area contributed by atoms with E-state index < -0.39 is 0 Å². The third-order valence-electron chi connectivity index (χ3n) is 2.74. The molecule has 0 aliphatic carbocycles. The fourth-order valence-electron chi connectivity index (χ4n) is 1.97. The Bertz CT molecular complexity index is 560. The Kier molecular flexibility index (Phi) is 3.94. The topological polar surface area (TPSA) is 108 Å². The Morgan fingerprint density at radius 2 is 2.21 bits per heavy atom. The highest BCUT2D eigenvalue weighted by atomic mass is 15.2. The Morgan fingerprint density at radius 3 is 2.89 bits per heavy atom. The summed E-state index contributed by atoms with van der Waals surface area (Å²) in [7, 11) is 0. The maximum Gasteiger partial charge on any atom is 0.182 e. The van der Waals surface area contributed by atoms with Gasteiger partial charge in [0.15, 0.2) is 11.5 Å². The number of hydrogen-bond donors (Lipinski definition) is 3. The van der Waals surface area contributed by atoms with E-state index in [1.807, 2.05) is 0 Å². The average molecular weight is 261 g/mol. The van der Waals surface area contributed by atoms with Gasteiger partial charge in [-0.05, 0) is 5.92 Å². The van der Waals surface area contributed by atoms with Crippen LogP contribution in [0, 0.1) is 11.3 Å². The van der Waals surface area contributed by atoms with Crippen molar-refractivity contribution in [1.29, 1.82) is 5.41 Å². The summed E-state index contributed by atoms with van der Waals surface area (Å²) in [5, 5.41) is 7.36. The minimum atomic E-state index is 0.184. The number of imidazole rings is 1. The van der Waals surface area contributed by atoms with Crippen molar-refractivity contribution >= 4 is 22.8 Å². The number of aromatic amines is 1. The molecule has 0 radical (unpaired) electrons. The zero-order valence-electron chi connectivity index (χ0n) is 11.2. The second kappa shape index (κ2) is 5.64. The van der Waals surface area contributed by atoms with Crippen molar-refractivity contribution in [3.8, 4) is 0 Å². The van der Waals surface area contributed by atoms with Crippen LogP contribution in [0.15, 0.2) is 12.7 Å². The van der Waals surface area contributed by atoms with E-state index in [1.165, 1.54) is 6.33 Å². The fourth-order valence-corrected chi connectivity index (χ4v) is 1.97. The molecule has 7 nitrogen and oxygen atoms in total. The van der Waals surface area contributed by atoms with Gasteiger partial charge in [0.2, 0.25) is 0 Å². The molecule has 0 bridgehead atoms. The normalized spacial score (nSPS) is 11.1. The second-order valence-corrected chi connectivity index (χ2v) is 4.91. The van der Waals surface area contributed by atoms with Crippen LogP contribution >= 0.6 is 0 Å². The van der Waals surface area contributed by atoms with Gasteiger partial charge in [-0.1, -0.05) is 13.8 Å². The van der Waals surface area contributed by atoms with Crippen LogP contribution < -0.4 is 10.6 Å². The van der Waals surface area contributed by atoms with Gasteiger partial charge in [0.05, 0.1) is 12.2 Å². The lowest BCUT2D eigenvalue weighted by molar-refractivity contribution is 0.609. The van der Waals surface area contributed by atoms with E-state index in [0.717, 1.165) is 17.9 Å². The minimum absolute atomic E-state index is 0.184. The van der Waals surface area contributed by atoms with Crippen molar-refractivity contribution in [3.63, 3.8) is 0 Å². The molecule has 0 saturated heterocycles. The predicted molar refractivity (Wildman–Crippen MR) is 75.3 cm³/mol. The zero-order valence-corrected chi connectivity index (χ0v) is 11.2. The van der Waals surface area contributed by atoms with Gasteiger partial charge in [-0.25, -0.2) is 15.0 Å². The van der Waals surface area contributed by atoms with Crippen LogP contribution in [0.1, 0.15) is 20.3 Å². The number of H-pyrrole nitrogens is 1. The maximum atomic E-state index is 7.36. The molecule has 7 heteroatoms. The molecule has 0 amide bonds. The summed E-state index contributed by atoms with van der Waals surface area (Å²) in [4.78, 5) is 17.8. The fraction of sp³-hybridized carbons (Fsp3) is 0.500. The van der Waals surface area contributed by atoms with E-state index in [4.69, 9.17) is 11.1 Å². The Morgan fingerprint density at radius 1 is 1.42 bits per heavy atom. The van der Waals surface area contributed by atoms with Gasteiger partial charge in [0, 0.05) is 19.5 Å². The van der Waals surface area contributed by atoms with Crippen molar-refractivity contribution in [2.24, 2.45) is 11.7 Å². The highest BCUT2D eigenvalue weighted by Crippen LogP contribution is 2.20. The summed E-state index contributed by atoms with van der Waals surface area (Å²) >= 11 is 0. The summed E-state index contributed by atoms with van der Waals surface area (Å²) in [6, 6.07) is 0. The van der Waals surface area contributed by atoms with Gasteiger partial charge < -0.3 is 15.6 Å². The first kappa shape index (κ1) is 13.3. The molecule has 2 rings (SSSR count). The van der Waals surface area contributed by atoms with Gasteiger partial charge in [-0.2, -0.15) is 0 Å². The molecule has 2 aromatic heterocycles. The summed E-state index contributed by atoms with van der Waals surface area (Å²) in [6.07, 6.45) is 3.65. The Balaban J connectivity index is 2.30. The molecule has 2 aromatic rings. The average Bonchev–Trinajstić information content (AvgIpc) is 2.81. The largest absolute Gasteiger partial charge is 0.388 e. The van der Waals surface area contributed by atoms with Gasteiger partial charge in [0.25, 0.3) is 0 Å². The van der Waals surface area contributed by atoms with Crippen LogP contribution in [0.5, 0.6) is 0 Å². The van der Waals surface area contributed by atoms with Crippen LogP contribution in [-0.2, 0) is 0 Å². The number of nitrogens with zero attached hydrogens (tertiary/aromatic N) is 4. The molecular weight excluding hydrogens is 242 g/mol. The third-order valence-corrected chi connectivity index (χ3v) is 2.74. The Hall–Kier alpha value is -2.18. The molecule has 0 saturated carbocycles.